The second kappa shape index (κ2) is 3.17. The highest BCUT2D eigenvalue weighted by atomic mass is 13.9. The van der Waals surface area contributed by atoms with Crippen molar-refractivity contribution in [1.82, 2.24) is 0 Å². The third-order valence-electron chi connectivity index (χ3n) is 1.34. The van der Waals surface area contributed by atoms with Gasteiger partial charge in [-0.1, -0.05) is 24.8 Å². The van der Waals surface area contributed by atoms with Crippen LogP contribution >= 0.6 is 0 Å². The van der Waals surface area contributed by atoms with Gasteiger partial charge in [0.15, 0.2) is 0 Å². The summed E-state index contributed by atoms with van der Waals surface area (Å²) in [7, 11) is 0. The molecule has 0 fully saturated rings. The predicted octanol–water partition coefficient (Wildman–Crippen LogP) is 2.58. The van der Waals surface area contributed by atoms with Crippen molar-refractivity contribution in [2.75, 3.05) is 0 Å². The van der Waals surface area contributed by atoms with Gasteiger partial charge in [0.05, 0.1) is 0 Å². The summed E-state index contributed by atoms with van der Waals surface area (Å²) in [4.78, 5) is 0. The summed E-state index contributed by atoms with van der Waals surface area (Å²) in [5, 5.41) is 0. The van der Waals surface area contributed by atoms with Crippen LogP contribution in [-0.4, -0.2) is 0 Å². The predicted molar refractivity (Wildman–Crippen MR) is 38.1 cm³/mol. The van der Waals surface area contributed by atoms with Gasteiger partial charge in [-0.3, -0.25) is 0 Å². The lowest BCUT2D eigenvalue weighted by atomic mass is 10.1. The zero-order valence-corrected chi connectivity index (χ0v) is 5.70. The molecule has 0 heterocycles. The van der Waals surface area contributed by atoms with Gasteiger partial charge in [0.1, 0.15) is 0 Å². The molecule has 0 aromatic heterocycles. The van der Waals surface area contributed by atoms with E-state index in [9.17, 15) is 0 Å². The molecule has 0 spiro atoms. The molecule has 1 aliphatic carbocycles. The number of hydrogen-bond acceptors (Lipinski definition) is 0. The Labute approximate surface area is 55.9 Å². The molecule has 1 aliphatic rings. The van der Waals surface area contributed by atoms with Crippen LogP contribution in [0.2, 0.25) is 0 Å². The molecular weight excluding hydrogens is 108 g/mol. The van der Waals surface area contributed by atoms with Crippen LogP contribution in [0.5, 0.6) is 0 Å². The molecular formula is C9H10. The van der Waals surface area contributed by atoms with Crippen LogP contribution < -0.4 is 0 Å². The standard InChI is InChI=1S/C9H10/c1-2-3-6-9-7-4-5-8-9/h7H,2-3,6H2,1H3. The van der Waals surface area contributed by atoms with Crippen LogP contribution in [0.3, 0.4) is 0 Å². The van der Waals surface area contributed by atoms with E-state index < -0.39 is 0 Å². The van der Waals surface area contributed by atoms with Crippen molar-refractivity contribution in [1.29, 1.82) is 0 Å². The first kappa shape index (κ1) is 6.20. The molecule has 0 amide bonds. The molecule has 0 nitrogen and oxygen atoms in total. The van der Waals surface area contributed by atoms with Crippen LogP contribution in [0.4, 0.5) is 0 Å². The minimum Gasteiger partial charge on any atom is -0.0654 e. The van der Waals surface area contributed by atoms with Gasteiger partial charge < -0.3 is 0 Å². The van der Waals surface area contributed by atoms with E-state index in [0.717, 1.165) is 6.42 Å². The monoisotopic (exact) mass is 118 g/mol. The van der Waals surface area contributed by atoms with Crippen LogP contribution in [0.1, 0.15) is 26.2 Å². The summed E-state index contributed by atoms with van der Waals surface area (Å²) >= 11 is 0. The lowest BCUT2D eigenvalue weighted by Gasteiger charge is -1.91. The Morgan fingerprint density at radius 1 is 1.56 bits per heavy atom. The molecule has 9 heavy (non-hydrogen) atoms. The Morgan fingerprint density at radius 2 is 2.44 bits per heavy atom. The van der Waals surface area contributed by atoms with Crippen molar-refractivity contribution in [2.24, 2.45) is 0 Å². The molecule has 0 bridgehead atoms. The van der Waals surface area contributed by atoms with Crippen molar-refractivity contribution in [3.63, 3.8) is 0 Å². The smallest absolute Gasteiger partial charge is 0.0114 e. The second-order valence-corrected chi connectivity index (χ2v) is 2.17. The molecule has 0 aromatic rings. The Morgan fingerprint density at radius 3 is 3.00 bits per heavy atom. The van der Waals surface area contributed by atoms with Crippen molar-refractivity contribution in [3.8, 4) is 0 Å². The average molecular weight is 118 g/mol. The van der Waals surface area contributed by atoms with E-state index in [1.807, 2.05) is 6.08 Å². The first-order valence-electron chi connectivity index (χ1n) is 3.39. The topological polar surface area (TPSA) is 0 Å². The molecule has 0 unspecified atom stereocenters. The Balaban J connectivity index is 2.33. The number of unbranched alkanes of at least 4 members (excludes halogenated alkanes) is 1. The average Bonchev–Trinajstić information content (AvgIpc) is 2.34. The Hall–Kier alpha value is -0.920. The number of hydrogen-bond donors (Lipinski definition) is 0. The molecule has 1 rings (SSSR count). The molecule has 0 heteroatoms. The van der Waals surface area contributed by atoms with Gasteiger partial charge in [-0.05, 0) is 18.6 Å². The van der Waals surface area contributed by atoms with E-state index in [-0.39, 0.29) is 0 Å². The summed E-state index contributed by atoms with van der Waals surface area (Å²) in [5.41, 5.74) is 9.89. The summed E-state index contributed by atoms with van der Waals surface area (Å²) in [6.45, 7) is 2.19. The second-order valence-electron chi connectivity index (χ2n) is 2.17. The SMILES string of the molecule is CCCCC1=C=C=C=C1. The fraction of sp³-hybridized carbons (Fsp3) is 0.444. The minimum atomic E-state index is 1.14. The van der Waals surface area contributed by atoms with E-state index in [0.29, 0.717) is 0 Å². The van der Waals surface area contributed by atoms with E-state index in [1.165, 1.54) is 18.4 Å². The van der Waals surface area contributed by atoms with Gasteiger partial charge in [0.2, 0.25) is 0 Å². The summed E-state index contributed by atoms with van der Waals surface area (Å²) in [6, 6.07) is 0. The van der Waals surface area contributed by atoms with Crippen molar-refractivity contribution < 1.29 is 0 Å². The molecule has 0 N–H and O–H groups in total. The first-order chi connectivity index (χ1) is 4.43. The third-order valence-corrected chi connectivity index (χ3v) is 1.34. The highest BCUT2D eigenvalue weighted by Crippen LogP contribution is 2.07. The molecule has 0 aromatic carbocycles. The van der Waals surface area contributed by atoms with Crippen LogP contribution in [0, 0.1) is 0 Å². The van der Waals surface area contributed by atoms with Crippen molar-refractivity contribution in [2.45, 2.75) is 26.2 Å². The van der Waals surface area contributed by atoms with Gasteiger partial charge in [-0.2, -0.15) is 0 Å². The third kappa shape index (κ3) is 1.80. The van der Waals surface area contributed by atoms with Gasteiger partial charge in [-0.25, -0.2) is 0 Å². The van der Waals surface area contributed by atoms with Gasteiger partial charge >= 0.3 is 0 Å². The quantitative estimate of drug-likeness (QED) is 0.500. The van der Waals surface area contributed by atoms with Crippen LogP contribution in [-0.2, 0) is 0 Å². The highest BCUT2D eigenvalue weighted by molar-refractivity contribution is 5.21. The van der Waals surface area contributed by atoms with Gasteiger partial charge in [-0.15, -0.1) is 0 Å². The van der Waals surface area contributed by atoms with E-state index in [1.54, 1.807) is 0 Å². The zero-order valence-electron chi connectivity index (χ0n) is 5.70. The molecule has 0 atom stereocenters. The van der Waals surface area contributed by atoms with E-state index in [2.05, 4.69) is 24.1 Å². The van der Waals surface area contributed by atoms with Crippen molar-refractivity contribution >= 4 is 0 Å². The maximum Gasteiger partial charge on any atom is 0.0114 e. The number of allylic oxidation sites excluding steroid dienone is 2. The lowest BCUT2D eigenvalue weighted by molar-refractivity contribution is 0.799. The fourth-order valence-electron chi connectivity index (χ4n) is 0.778. The Bertz CT molecular complexity index is 214. The Kier molecular flexibility index (Phi) is 2.19. The lowest BCUT2D eigenvalue weighted by Crippen LogP contribution is -1.73. The van der Waals surface area contributed by atoms with Crippen LogP contribution in [0.25, 0.3) is 0 Å². The summed E-state index contributed by atoms with van der Waals surface area (Å²) < 4.78 is 0. The van der Waals surface area contributed by atoms with Gasteiger partial charge in [0, 0.05) is 11.6 Å². The number of rotatable bonds is 3. The molecule has 0 radical (unpaired) electrons. The zero-order chi connectivity index (χ0) is 6.53. The molecule has 46 valence electrons. The maximum absolute atomic E-state index is 2.99. The van der Waals surface area contributed by atoms with E-state index in [4.69, 9.17) is 0 Å². The highest BCUT2D eigenvalue weighted by Gasteiger charge is 1.90. The van der Waals surface area contributed by atoms with Crippen LogP contribution in [0.15, 0.2) is 28.8 Å². The molecule has 0 saturated carbocycles. The van der Waals surface area contributed by atoms with E-state index >= 15 is 0 Å². The summed E-state index contributed by atoms with van der Waals surface area (Å²) in [5.74, 6) is 0. The summed E-state index contributed by atoms with van der Waals surface area (Å²) in [6.07, 6.45) is 5.59. The van der Waals surface area contributed by atoms with Gasteiger partial charge in [0.25, 0.3) is 0 Å². The minimum absolute atomic E-state index is 1.14. The molecule has 0 aliphatic heterocycles. The normalized spacial score (nSPS) is 12.8. The largest absolute Gasteiger partial charge is 0.0654 e. The van der Waals surface area contributed by atoms with Crippen molar-refractivity contribution in [3.05, 3.63) is 28.8 Å². The fourth-order valence-corrected chi connectivity index (χ4v) is 0.778. The molecule has 0 saturated heterocycles. The first-order valence-corrected chi connectivity index (χ1v) is 3.39. The maximum atomic E-state index is 2.99.